The van der Waals surface area contributed by atoms with Crippen molar-refractivity contribution in [2.24, 2.45) is 5.73 Å². The van der Waals surface area contributed by atoms with Crippen LogP contribution in [0.4, 0.5) is 5.13 Å². The predicted octanol–water partition coefficient (Wildman–Crippen LogP) is 1.60. The second-order valence-electron chi connectivity index (χ2n) is 3.77. The first-order chi connectivity index (χ1) is 7.54. The minimum atomic E-state index is -0.656. The molecule has 7 heteroatoms. The van der Waals surface area contributed by atoms with Crippen LogP contribution >= 0.6 is 23.7 Å². The Hall–Kier alpha value is -0.690. The monoisotopic (exact) mass is 279 g/mol. The molecular formula is C10H18ClN3O2S. The van der Waals surface area contributed by atoms with Crippen LogP contribution in [0.5, 0.6) is 0 Å². The summed E-state index contributed by atoms with van der Waals surface area (Å²) in [7, 11) is 1.51. The van der Waals surface area contributed by atoms with Crippen LogP contribution in [0.1, 0.15) is 24.6 Å². The van der Waals surface area contributed by atoms with E-state index in [0.717, 1.165) is 4.88 Å². The van der Waals surface area contributed by atoms with Crippen molar-refractivity contribution in [3.05, 3.63) is 11.1 Å². The number of carbonyl (C=O) groups excluding carboxylic acids is 1. The van der Waals surface area contributed by atoms with Crippen molar-refractivity contribution in [2.75, 3.05) is 19.0 Å². The van der Waals surface area contributed by atoms with E-state index >= 15 is 0 Å². The molecule has 1 heterocycles. The van der Waals surface area contributed by atoms with Crippen LogP contribution in [0, 0.1) is 0 Å². The van der Waals surface area contributed by atoms with Gasteiger partial charge in [-0.25, -0.2) is 4.98 Å². The van der Waals surface area contributed by atoms with E-state index in [0.29, 0.717) is 11.0 Å². The Bertz CT molecular complexity index is 357. The molecule has 0 bridgehead atoms. The number of amides is 1. The normalized spacial score (nSPS) is 12.1. The largest absolute Gasteiger partial charge is 0.383 e. The fraction of sp³-hybridized carbons (Fsp3) is 0.600. The summed E-state index contributed by atoms with van der Waals surface area (Å²) < 4.78 is 4.80. The summed E-state index contributed by atoms with van der Waals surface area (Å²) in [5, 5.41) is 3.25. The van der Waals surface area contributed by atoms with Gasteiger partial charge in [-0.2, -0.15) is 0 Å². The number of nitrogens with two attached hydrogens (primary N) is 1. The molecular weight excluding hydrogens is 262 g/mol. The van der Waals surface area contributed by atoms with E-state index in [9.17, 15) is 4.79 Å². The minimum Gasteiger partial charge on any atom is -0.383 e. The van der Waals surface area contributed by atoms with Crippen molar-refractivity contribution in [1.82, 2.24) is 4.98 Å². The zero-order chi connectivity index (χ0) is 12.1. The zero-order valence-electron chi connectivity index (χ0n) is 10.1. The highest BCUT2D eigenvalue weighted by Crippen LogP contribution is 2.24. The number of hydrogen-bond donors (Lipinski definition) is 2. The van der Waals surface area contributed by atoms with Gasteiger partial charge in [-0.1, -0.05) is 13.8 Å². The van der Waals surface area contributed by atoms with Crippen LogP contribution in [-0.2, 0) is 9.53 Å². The third-order valence-electron chi connectivity index (χ3n) is 2.01. The van der Waals surface area contributed by atoms with E-state index in [4.69, 9.17) is 10.5 Å². The van der Waals surface area contributed by atoms with E-state index in [2.05, 4.69) is 24.1 Å². The van der Waals surface area contributed by atoms with Crippen molar-refractivity contribution < 1.29 is 9.53 Å². The zero-order valence-corrected chi connectivity index (χ0v) is 11.7. The van der Waals surface area contributed by atoms with Gasteiger partial charge < -0.3 is 15.8 Å². The van der Waals surface area contributed by atoms with Crippen molar-refractivity contribution >= 4 is 34.8 Å². The van der Waals surface area contributed by atoms with Gasteiger partial charge in [0.2, 0.25) is 5.91 Å². The van der Waals surface area contributed by atoms with E-state index in [1.165, 1.54) is 18.4 Å². The molecule has 0 aliphatic rings. The molecule has 17 heavy (non-hydrogen) atoms. The number of halogens is 1. The lowest BCUT2D eigenvalue weighted by Gasteiger charge is -2.08. The number of aromatic nitrogens is 1. The Labute approximate surface area is 111 Å². The fourth-order valence-electron chi connectivity index (χ4n) is 1.06. The maximum atomic E-state index is 11.5. The van der Waals surface area contributed by atoms with E-state index in [-0.39, 0.29) is 24.9 Å². The van der Waals surface area contributed by atoms with Gasteiger partial charge in [0.05, 0.1) is 6.61 Å². The quantitative estimate of drug-likeness (QED) is 0.858. The first kappa shape index (κ1) is 16.3. The Balaban J connectivity index is 0.00000256. The summed E-state index contributed by atoms with van der Waals surface area (Å²) in [6.45, 7) is 4.36. The lowest BCUT2D eigenvalue weighted by molar-refractivity contribution is -0.118. The molecule has 5 nitrogen and oxygen atoms in total. The topological polar surface area (TPSA) is 77.2 Å². The number of anilines is 1. The first-order valence-corrected chi connectivity index (χ1v) is 5.87. The molecule has 0 aliphatic carbocycles. The number of thiazole rings is 1. The molecule has 1 rings (SSSR count). The van der Waals surface area contributed by atoms with Gasteiger partial charge in [-0.05, 0) is 5.92 Å². The fourth-order valence-corrected chi connectivity index (χ4v) is 1.89. The number of carbonyl (C=O) groups is 1. The van der Waals surface area contributed by atoms with Crippen LogP contribution in [0.15, 0.2) is 6.20 Å². The van der Waals surface area contributed by atoms with Crippen molar-refractivity contribution in [1.29, 1.82) is 0 Å². The van der Waals surface area contributed by atoms with Crippen molar-refractivity contribution in [3.8, 4) is 0 Å². The average Bonchev–Trinajstić information content (AvgIpc) is 2.66. The third-order valence-corrected chi connectivity index (χ3v) is 3.22. The molecule has 1 amide bonds. The molecule has 0 aromatic carbocycles. The van der Waals surface area contributed by atoms with Gasteiger partial charge in [0, 0.05) is 18.2 Å². The Morgan fingerprint density at radius 1 is 1.65 bits per heavy atom. The van der Waals surface area contributed by atoms with Crippen LogP contribution < -0.4 is 11.1 Å². The average molecular weight is 280 g/mol. The highest BCUT2D eigenvalue weighted by Gasteiger charge is 2.15. The molecule has 1 aromatic heterocycles. The minimum absolute atomic E-state index is 0. The molecule has 3 N–H and O–H groups in total. The van der Waals surface area contributed by atoms with Crippen LogP contribution in [0.2, 0.25) is 0 Å². The van der Waals surface area contributed by atoms with Crippen LogP contribution in [0.25, 0.3) is 0 Å². The van der Waals surface area contributed by atoms with Gasteiger partial charge in [0.25, 0.3) is 0 Å². The summed E-state index contributed by atoms with van der Waals surface area (Å²) in [4.78, 5) is 16.8. The second kappa shape index (κ2) is 7.60. The van der Waals surface area contributed by atoms with Gasteiger partial charge in [-0.15, -0.1) is 23.7 Å². The number of rotatable bonds is 5. The Kier molecular flexibility index (Phi) is 7.29. The van der Waals surface area contributed by atoms with E-state index in [1.54, 1.807) is 6.20 Å². The molecule has 0 radical (unpaired) electrons. The Morgan fingerprint density at radius 2 is 2.29 bits per heavy atom. The van der Waals surface area contributed by atoms with E-state index < -0.39 is 6.04 Å². The molecule has 1 unspecified atom stereocenters. The summed E-state index contributed by atoms with van der Waals surface area (Å²) in [6.07, 6.45) is 1.77. The highest BCUT2D eigenvalue weighted by molar-refractivity contribution is 7.15. The maximum absolute atomic E-state index is 11.5. The smallest absolute Gasteiger partial charge is 0.245 e. The number of nitrogens with one attached hydrogen (secondary N) is 1. The van der Waals surface area contributed by atoms with Crippen LogP contribution in [0.3, 0.4) is 0 Å². The lowest BCUT2D eigenvalue weighted by Crippen LogP contribution is -2.39. The highest BCUT2D eigenvalue weighted by atomic mass is 35.5. The second-order valence-corrected chi connectivity index (χ2v) is 4.84. The summed E-state index contributed by atoms with van der Waals surface area (Å²) in [6, 6.07) is -0.656. The number of hydrogen-bond acceptors (Lipinski definition) is 5. The summed E-state index contributed by atoms with van der Waals surface area (Å²) in [5.41, 5.74) is 5.58. The van der Waals surface area contributed by atoms with Gasteiger partial charge in [-0.3, -0.25) is 4.79 Å². The van der Waals surface area contributed by atoms with Crippen molar-refractivity contribution in [2.45, 2.75) is 25.8 Å². The first-order valence-electron chi connectivity index (χ1n) is 5.05. The lowest BCUT2D eigenvalue weighted by atomic mass is 10.2. The predicted molar refractivity (Wildman–Crippen MR) is 71.9 cm³/mol. The molecule has 1 aromatic rings. The maximum Gasteiger partial charge on any atom is 0.245 e. The standard InChI is InChI=1S/C10H17N3O2S.ClH/c1-6(2)8-4-12-10(16-8)13-9(14)7(11)5-15-3;/h4,6-7H,5,11H2,1-3H3,(H,12,13,14);1H. The number of methoxy groups -OCH3 is 1. The van der Waals surface area contributed by atoms with E-state index in [1.807, 2.05) is 0 Å². The molecule has 0 spiro atoms. The summed E-state index contributed by atoms with van der Waals surface area (Å²) in [5.74, 6) is 0.141. The molecule has 98 valence electrons. The summed E-state index contributed by atoms with van der Waals surface area (Å²) >= 11 is 1.47. The molecule has 0 fully saturated rings. The third kappa shape index (κ3) is 4.99. The van der Waals surface area contributed by atoms with Crippen molar-refractivity contribution in [3.63, 3.8) is 0 Å². The number of ether oxygens (including phenoxy) is 1. The SMILES string of the molecule is COCC(N)C(=O)Nc1ncc(C(C)C)s1.Cl. The molecule has 0 saturated heterocycles. The number of nitrogens with zero attached hydrogens (tertiary/aromatic N) is 1. The Morgan fingerprint density at radius 3 is 2.76 bits per heavy atom. The van der Waals surface area contributed by atoms with Gasteiger partial charge >= 0.3 is 0 Å². The van der Waals surface area contributed by atoms with Crippen LogP contribution in [-0.4, -0.2) is 30.6 Å². The molecule has 1 atom stereocenters. The molecule has 0 saturated carbocycles. The molecule has 0 aliphatic heterocycles. The van der Waals surface area contributed by atoms with Gasteiger partial charge in [0.1, 0.15) is 6.04 Å². The van der Waals surface area contributed by atoms with Gasteiger partial charge in [0.15, 0.2) is 5.13 Å².